The van der Waals surface area contributed by atoms with E-state index in [-0.39, 0.29) is 25.7 Å². The summed E-state index contributed by atoms with van der Waals surface area (Å²) in [4.78, 5) is 11.9. The molecule has 1 aliphatic heterocycles. The van der Waals surface area contributed by atoms with Gasteiger partial charge in [0.1, 0.15) is 0 Å². The van der Waals surface area contributed by atoms with Crippen molar-refractivity contribution >= 4 is 5.91 Å². The lowest BCUT2D eigenvalue weighted by Crippen LogP contribution is -2.32. The third kappa shape index (κ3) is 8.60. The van der Waals surface area contributed by atoms with E-state index in [1.165, 1.54) is 0 Å². The van der Waals surface area contributed by atoms with Crippen molar-refractivity contribution in [1.82, 2.24) is 10.2 Å². The summed E-state index contributed by atoms with van der Waals surface area (Å²) >= 11 is 0. The summed E-state index contributed by atoms with van der Waals surface area (Å²) in [5, 5.41) is 28.1. The van der Waals surface area contributed by atoms with E-state index in [2.05, 4.69) is 5.32 Å². The van der Waals surface area contributed by atoms with Gasteiger partial charge in [-0.3, -0.25) is 9.69 Å². The maximum Gasteiger partial charge on any atom is 0.220 e. The number of nitrogens with zero attached hydrogens (tertiary/aromatic N) is 1. The minimum absolute atomic E-state index is 0.0694. The first-order valence-electron chi connectivity index (χ1n) is 5.56. The quantitative estimate of drug-likeness (QED) is 0.433. The van der Waals surface area contributed by atoms with Crippen LogP contribution in [0.4, 0.5) is 0 Å². The summed E-state index contributed by atoms with van der Waals surface area (Å²) in [6, 6.07) is 0. The fraction of sp³-hybridized carbons (Fsp3) is 0.900. The van der Waals surface area contributed by atoms with Gasteiger partial charge in [0.2, 0.25) is 5.91 Å². The molecule has 0 spiro atoms. The Balaban J connectivity index is 0.000000315. The van der Waals surface area contributed by atoms with Gasteiger partial charge in [-0.1, -0.05) is 0 Å². The van der Waals surface area contributed by atoms with Gasteiger partial charge in [-0.2, -0.15) is 0 Å². The first-order chi connectivity index (χ1) is 7.74. The normalized spacial score (nSPS) is 14.6. The van der Waals surface area contributed by atoms with Gasteiger partial charge in [-0.05, 0) is 6.42 Å². The summed E-state index contributed by atoms with van der Waals surface area (Å²) in [5.41, 5.74) is 0. The zero-order valence-electron chi connectivity index (χ0n) is 9.56. The van der Waals surface area contributed by atoms with E-state index in [0.29, 0.717) is 19.6 Å². The van der Waals surface area contributed by atoms with Gasteiger partial charge < -0.3 is 20.6 Å². The van der Waals surface area contributed by atoms with Gasteiger partial charge in [-0.25, -0.2) is 0 Å². The van der Waals surface area contributed by atoms with Crippen LogP contribution in [0.1, 0.15) is 12.8 Å². The standard InChI is InChI=1S/C6H15NO3.C4H7NO/c8-4-1-7(2-5-9)3-6-10;6-4-2-1-3-5-4/h8-10H,1-6H2;1-3H2,(H,5,6). The average molecular weight is 234 g/mol. The van der Waals surface area contributed by atoms with E-state index in [1.807, 2.05) is 0 Å². The third-order valence-electron chi connectivity index (χ3n) is 2.15. The number of rotatable bonds is 6. The van der Waals surface area contributed by atoms with E-state index in [1.54, 1.807) is 4.90 Å². The number of carbonyl (C=O) groups is 1. The molecule has 1 heterocycles. The molecule has 0 aliphatic carbocycles. The molecule has 0 bridgehead atoms. The minimum Gasteiger partial charge on any atom is -0.395 e. The van der Waals surface area contributed by atoms with Crippen molar-refractivity contribution in [2.24, 2.45) is 0 Å². The summed E-state index contributed by atoms with van der Waals surface area (Å²) in [7, 11) is 0. The van der Waals surface area contributed by atoms with Crippen LogP contribution in [0.2, 0.25) is 0 Å². The lowest BCUT2D eigenvalue weighted by molar-refractivity contribution is -0.119. The Bertz CT molecular complexity index is 156. The zero-order chi connectivity index (χ0) is 12.2. The van der Waals surface area contributed by atoms with Crippen molar-refractivity contribution in [2.45, 2.75) is 12.8 Å². The molecule has 96 valence electrons. The first kappa shape index (κ1) is 15.3. The van der Waals surface area contributed by atoms with Gasteiger partial charge >= 0.3 is 0 Å². The fourth-order valence-corrected chi connectivity index (χ4v) is 1.32. The van der Waals surface area contributed by atoms with Crippen molar-refractivity contribution in [3.8, 4) is 0 Å². The predicted molar refractivity (Wildman–Crippen MR) is 59.9 cm³/mol. The molecular formula is C10H22N2O4. The second-order valence-electron chi connectivity index (χ2n) is 3.47. The van der Waals surface area contributed by atoms with Gasteiger partial charge in [-0.15, -0.1) is 0 Å². The fourth-order valence-electron chi connectivity index (χ4n) is 1.32. The second-order valence-corrected chi connectivity index (χ2v) is 3.47. The number of nitrogens with one attached hydrogen (secondary N) is 1. The van der Waals surface area contributed by atoms with Crippen LogP contribution in [0.15, 0.2) is 0 Å². The Morgan fingerprint density at radius 1 is 1.06 bits per heavy atom. The van der Waals surface area contributed by atoms with Crippen molar-refractivity contribution in [3.63, 3.8) is 0 Å². The minimum atomic E-state index is 0.0694. The van der Waals surface area contributed by atoms with Crippen LogP contribution < -0.4 is 5.32 Å². The Kier molecular flexibility index (Phi) is 10.3. The van der Waals surface area contributed by atoms with Crippen LogP contribution in [-0.4, -0.2) is 72.1 Å². The molecule has 4 N–H and O–H groups in total. The monoisotopic (exact) mass is 234 g/mol. The molecule has 6 heteroatoms. The summed E-state index contributed by atoms with van der Waals surface area (Å²) in [6.07, 6.45) is 1.76. The number of amides is 1. The molecule has 0 unspecified atom stereocenters. The van der Waals surface area contributed by atoms with Crippen molar-refractivity contribution < 1.29 is 20.1 Å². The molecule has 6 nitrogen and oxygen atoms in total. The smallest absolute Gasteiger partial charge is 0.220 e. The second kappa shape index (κ2) is 10.8. The molecule has 1 fully saturated rings. The molecule has 0 saturated carbocycles. The van der Waals surface area contributed by atoms with Gasteiger partial charge in [0.05, 0.1) is 19.8 Å². The Morgan fingerprint density at radius 2 is 1.56 bits per heavy atom. The van der Waals surface area contributed by atoms with Crippen LogP contribution in [-0.2, 0) is 4.79 Å². The Morgan fingerprint density at radius 3 is 1.75 bits per heavy atom. The van der Waals surface area contributed by atoms with Crippen molar-refractivity contribution in [3.05, 3.63) is 0 Å². The van der Waals surface area contributed by atoms with Crippen LogP contribution >= 0.6 is 0 Å². The van der Waals surface area contributed by atoms with Crippen LogP contribution in [0.25, 0.3) is 0 Å². The average Bonchev–Trinajstić information content (AvgIpc) is 2.71. The summed E-state index contributed by atoms with van der Waals surface area (Å²) in [6.45, 7) is 2.64. The van der Waals surface area contributed by atoms with E-state index in [0.717, 1.165) is 19.4 Å². The molecule has 0 atom stereocenters. The predicted octanol–water partition coefficient (Wildman–Crippen LogP) is -1.84. The number of aliphatic hydroxyl groups excluding tert-OH is 3. The molecule has 0 aromatic carbocycles. The summed E-state index contributed by atoms with van der Waals surface area (Å²) in [5.74, 6) is 0.204. The first-order valence-corrected chi connectivity index (χ1v) is 5.56. The highest BCUT2D eigenvalue weighted by Crippen LogP contribution is 1.93. The van der Waals surface area contributed by atoms with Crippen LogP contribution in [0, 0.1) is 0 Å². The molecule has 0 aromatic rings. The molecule has 0 radical (unpaired) electrons. The zero-order valence-corrected chi connectivity index (χ0v) is 9.56. The summed E-state index contributed by atoms with van der Waals surface area (Å²) < 4.78 is 0. The Labute approximate surface area is 95.9 Å². The molecule has 16 heavy (non-hydrogen) atoms. The van der Waals surface area contributed by atoms with Crippen LogP contribution in [0.3, 0.4) is 0 Å². The molecular weight excluding hydrogens is 212 g/mol. The number of hydrogen-bond donors (Lipinski definition) is 4. The third-order valence-corrected chi connectivity index (χ3v) is 2.15. The maximum atomic E-state index is 10.1. The van der Waals surface area contributed by atoms with Gasteiger partial charge in [0.15, 0.2) is 0 Å². The largest absolute Gasteiger partial charge is 0.395 e. The number of carbonyl (C=O) groups excluding carboxylic acids is 1. The lowest BCUT2D eigenvalue weighted by Gasteiger charge is -2.17. The van der Waals surface area contributed by atoms with E-state index < -0.39 is 0 Å². The number of aliphatic hydroxyl groups is 3. The van der Waals surface area contributed by atoms with E-state index in [9.17, 15) is 4.79 Å². The highest BCUT2D eigenvalue weighted by atomic mass is 16.3. The van der Waals surface area contributed by atoms with Crippen molar-refractivity contribution in [1.29, 1.82) is 0 Å². The molecule has 1 amide bonds. The number of hydrogen-bond acceptors (Lipinski definition) is 5. The molecule has 1 saturated heterocycles. The highest BCUT2D eigenvalue weighted by Gasteiger charge is 2.05. The molecule has 1 rings (SSSR count). The SMILES string of the molecule is O=C1CCCN1.OCCN(CCO)CCO. The van der Waals surface area contributed by atoms with Gasteiger partial charge in [0.25, 0.3) is 0 Å². The van der Waals surface area contributed by atoms with Crippen molar-refractivity contribution in [2.75, 3.05) is 46.0 Å². The van der Waals surface area contributed by atoms with Gasteiger partial charge in [0, 0.05) is 32.6 Å². The van der Waals surface area contributed by atoms with Crippen LogP contribution in [0.5, 0.6) is 0 Å². The van der Waals surface area contributed by atoms with E-state index >= 15 is 0 Å². The molecule has 1 aliphatic rings. The van der Waals surface area contributed by atoms with E-state index in [4.69, 9.17) is 15.3 Å². The maximum absolute atomic E-state index is 10.1. The Hall–Kier alpha value is -0.690. The highest BCUT2D eigenvalue weighted by molar-refractivity contribution is 5.77. The topological polar surface area (TPSA) is 93.0 Å². The lowest BCUT2D eigenvalue weighted by atomic mass is 10.4. The molecule has 0 aromatic heterocycles.